The summed E-state index contributed by atoms with van der Waals surface area (Å²) in [4.78, 5) is 11.4. The summed E-state index contributed by atoms with van der Waals surface area (Å²) in [6, 6.07) is 0.428. The van der Waals surface area contributed by atoms with Crippen molar-refractivity contribution in [3.63, 3.8) is 0 Å². The molecule has 0 saturated carbocycles. The second kappa shape index (κ2) is 5.02. The van der Waals surface area contributed by atoms with Crippen molar-refractivity contribution in [1.82, 2.24) is 5.32 Å². The highest BCUT2D eigenvalue weighted by Crippen LogP contribution is 2.17. The molecule has 1 fully saturated rings. The Bertz CT molecular complexity index is 157. The van der Waals surface area contributed by atoms with Gasteiger partial charge in [-0.3, -0.25) is 4.79 Å². The Kier molecular flexibility index (Phi) is 4.29. The molecule has 2 atom stereocenters. The highest BCUT2D eigenvalue weighted by atomic mass is 32.2. The molecule has 0 aromatic heterocycles. The summed E-state index contributed by atoms with van der Waals surface area (Å²) >= 11 is 3.52. The zero-order valence-electron chi connectivity index (χ0n) is 7.50. The van der Waals surface area contributed by atoms with Crippen LogP contribution < -0.4 is 5.32 Å². The predicted molar refractivity (Wildman–Crippen MR) is 56.8 cm³/mol. The highest BCUT2D eigenvalue weighted by molar-refractivity contribution is 8.00. The van der Waals surface area contributed by atoms with E-state index in [4.69, 9.17) is 0 Å². The maximum atomic E-state index is 11.4. The summed E-state index contributed by atoms with van der Waals surface area (Å²) in [5.74, 6) is 2.47. The SMILES string of the molecule is CSC(C)C(=O)NC1CCSC1. The van der Waals surface area contributed by atoms with E-state index in [2.05, 4.69) is 5.32 Å². The van der Waals surface area contributed by atoms with E-state index in [1.165, 1.54) is 5.75 Å². The highest BCUT2D eigenvalue weighted by Gasteiger charge is 2.19. The molecule has 1 amide bonds. The third-order valence-electron chi connectivity index (χ3n) is 2.00. The van der Waals surface area contributed by atoms with Gasteiger partial charge in [-0.1, -0.05) is 0 Å². The van der Waals surface area contributed by atoms with Gasteiger partial charge >= 0.3 is 0 Å². The Balaban J connectivity index is 2.25. The Hall–Kier alpha value is 0.170. The summed E-state index contributed by atoms with van der Waals surface area (Å²) in [5.41, 5.74) is 0. The minimum atomic E-state index is 0.0931. The third-order valence-corrected chi connectivity index (χ3v) is 4.08. The van der Waals surface area contributed by atoms with E-state index >= 15 is 0 Å². The van der Waals surface area contributed by atoms with Crippen LogP contribution in [0.1, 0.15) is 13.3 Å². The van der Waals surface area contributed by atoms with E-state index in [1.54, 1.807) is 11.8 Å². The van der Waals surface area contributed by atoms with Gasteiger partial charge in [-0.15, -0.1) is 0 Å². The van der Waals surface area contributed by atoms with Crippen LogP contribution in [-0.2, 0) is 4.79 Å². The molecular formula is C8H15NOS2. The van der Waals surface area contributed by atoms with Crippen LogP contribution in [0.4, 0.5) is 0 Å². The first-order chi connectivity index (χ1) is 5.74. The summed E-state index contributed by atoms with van der Waals surface area (Å²) in [6.07, 6.45) is 3.10. The van der Waals surface area contributed by atoms with Gasteiger partial charge < -0.3 is 5.32 Å². The molecule has 0 aromatic carbocycles. The largest absolute Gasteiger partial charge is 0.352 e. The molecule has 1 N–H and O–H groups in total. The smallest absolute Gasteiger partial charge is 0.233 e. The molecule has 2 unspecified atom stereocenters. The average molecular weight is 205 g/mol. The zero-order valence-corrected chi connectivity index (χ0v) is 9.13. The normalized spacial score (nSPS) is 25.3. The van der Waals surface area contributed by atoms with Crippen molar-refractivity contribution in [3.05, 3.63) is 0 Å². The topological polar surface area (TPSA) is 29.1 Å². The Labute approximate surface area is 82.2 Å². The molecule has 1 aliphatic rings. The molecule has 2 nitrogen and oxygen atoms in total. The summed E-state index contributed by atoms with van der Waals surface area (Å²) in [5, 5.41) is 3.14. The fraction of sp³-hybridized carbons (Fsp3) is 0.875. The zero-order chi connectivity index (χ0) is 8.97. The van der Waals surface area contributed by atoms with Gasteiger partial charge in [0.15, 0.2) is 0 Å². The van der Waals surface area contributed by atoms with Crippen molar-refractivity contribution in [1.29, 1.82) is 0 Å². The van der Waals surface area contributed by atoms with Crippen LogP contribution in [0.5, 0.6) is 0 Å². The molecule has 70 valence electrons. The van der Waals surface area contributed by atoms with Crippen molar-refractivity contribution >= 4 is 29.4 Å². The Morgan fingerprint density at radius 1 is 1.75 bits per heavy atom. The lowest BCUT2D eigenvalue weighted by molar-refractivity contribution is -0.120. The molecule has 1 heterocycles. The van der Waals surface area contributed by atoms with Crippen LogP contribution in [-0.4, -0.2) is 35.0 Å². The predicted octanol–water partition coefficient (Wildman–Crippen LogP) is 1.36. The van der Waals surface area contributed by atoms with Gasteiger partial charge in [0.2, 0.25) is 5.91 Å². The quantitative estimate of drug-likeness (QED) is 0.754. The van der Waals surface area contributed by atoms with Gasteiger partial charge in [0.1, 0.15) is 0 Å². The van der Waals surface area contributed by atoms with Gasteiger partial charge in [-0.2, -0.15) is 23.5 Å². The number of carbonyl (C=O) groups is 1. The molecule has 0 bridgehead atoms. The van der Waals surface area contributed by atoms with Crippen molar-refractivity contribution in [2.45, 2.75) is 24.6 Å². The first kappa shape index (κ1) is 10.3. The molecule has 1 aliphatic heterocycles. The van der Waals surface area contributed by atoms with Crippen molar-refractivity contribution in [3.8, 4) is 0 Å². The number of carbonyl (C=O) groups excluding carboxylic acids is 1. The lowest BCUT2D eigenvalue weighted by atomic mass is 10.2. The van der Waals surface area contributed by atoms with E-state index < -0.39 is 0 Å². The van der Waals surface area contributed by atoms with E-state index in [0.29, 0.717) is 6.04 Å². The van der Waals surface area contributed by atoms with Gasteiger partial charge in [0.05, 0.1) is 5.25 Å². The second-order valence-corrected chi connectivity index (χ2v) is 5.28. The summed E-state index contributed by atoms with van der Waals surface area (Å²) in [6.45, 7) is 1.95. The van der Waals surface area contributed by atoms with E-state index in [9.17, 15) is 4.79 Å². The fourth-order valence-electron chi connectivity index (χ4n) is 1.07. The standard InChI is InChI=1S/C8H15NOS2/c1-6(11-2)8(10)9-7-3-4-12-5-7/h6-7H,3-5H2,1-2H3,(H,9,10). The average Bonchev–Trinajstić information content (AvgIpc) is 2.55. The maximum Gasteiger partial charge on any atom is 0.233 e. The number of hydrogen-bond acceptors (Lipinski definition) is 3. The van der Waals surface area contributed by atoms with Crippen molar-refractivity contribution in [2.75, 3.05) is 17.8 Å². The van der Waals surface area contributed by atoms with Gasteiger partial charge in [-0.25, -0.2) is 0 Å². The van der Waals surface area contributed by atoms with Gasteiger partial charge in [0, 0.05) is 11.8 Å². The minimum absolute atomic E-state index is 0.0931. The van der Waals surface area contributed by atoms with Gasteiger partial charge in [0.25, 0.3) is 0 Å². The van der Waals surface area contributed by atoms with Crippen molar-refractivity contribution in [2.24, 2.45) is 0 Å². The first-order valence-corrected chi connectivity index (χ1v) is 6.59. The number of nitrogens with one attached hydrogen (secondary N) is 1. The monoisotopic (exact) mass is 205 g/mol. The number of hydrogen-bond donors (Lipinski definition) is 1. The minimum Gasteiger partial charge on any atom is -0.352 e. The molecule has 0 radical (unpaired) electrons. The maximum absolute atomic E-state index is 11.4. The van der Waals surface area contributed by atoms with E-state index in [0.717, 1.165) is 12.2 Å². The molecular weight excluding hydrogens is 190 g/mol. The summed E-state index contributed by atoms with van der Waals surface area (Å²) in [7, 11) is 0. The molecule has 0 spiro atoms. The Morgan fingerprint density at radius 2 is 2.50 bits per heavy atom. The van der Waals surface area contributed by atoms with Crippen LogP contribution in [0.3, 0.4) is 0 Å². The van der Waals surface area contributed by atoms with Crippen LogP contribution in [0.25, 0.3) is 0 Å². The van der Waals surface area contributed by atoms with E-state index in [1.807, 2.05) is 24.9 Å². The lowest BCUT2D eigenvalue weighted by Gasteiger charge is -2.14. The molecule has 4 heteroatoms. The fourth-order valence-corrected chi connectivity index (χ4v) is 2.51. The third kappa shape index (κ3) is 2.90. The number of amides is 1. The molecule has 1 rings (SSSR count). The number of rotatable bonds is 3. The van der Waals surface area contributed by atoms with Crippen LogP contribution >= 0.6 is 23.5 Å². The first-order valence-electron chi connectivity index (χ1n) is 4.15. The molecule has 1 saturated heterocycles. The van der Waals surface area contributed by atoms with Crippen LogP contribution in [0, 0.1) is 0 Å². The molecule has 0 aromatic rings. The second-order valence-electron chi connectivity index (χ2n) is 2.95. The van der Waals surface area contributed by atoms with E-state index in [-0.39, 0.29) is 11.2 Å². The van der Waals surface area contributed by atoms with Crippen molar-refractivity contribution < 1.29 is 4.79 Å². The van der Waals surface area contributed by atoms with Gasteiger partial charge in [-0.05, 0) is 25.4 Å². The number of thioether (sulfide) groups is 2. The lowest BCUT2D eigenvalue weighted by Crippen LogP contribution is -2.39. The van der Waals surface area contributed by atoms with Crippen LogP contribution in [0.15, 0.2) is 0 Å². The molecule has 0 aliphatic carbocycles. The Morgan fingerprint density at radius 3 is 3.00 bits per heavy atom. The summed E-state index contributed by atoms with van der Waals surface area (Å²) < 4.78 is 0. The van der Waals surface area contributed by atoms with Crippen LogP contribution in [0.2, 0.25) is 0 Å². The molecule has 12 heavy (non-hydrogen) atoms.